The zero-order chi connectivity index (χ0) is 29.8. The summed E-state index contributed by atoms with van der Waals surface area (Å²) in [5.41, 5.74) is 15.3. The number of methoxy groups -OCH3 is 1. The van der Waals surface area contributed by atoms with Crippen LogP contribution in [0.15, 0.2) is 64.3 Å². The first-order valence-electron chi connectivity index (χ1n) is 13.7. The summed E-state index contributed by atoms with van der Waals surface area (Å²) in [4.78, 5) is 19.2. The second-order valence-corrected chi connectivity index (χ2v) is 9.91. The highest BCUT2D eigenvalue weighted by Crippen LogP contribution is 2.33. The monoisotopic (exact) mass is 560 g/mol. The molecule has 0 saturated heterocycles. The van der Waals surface area contributed by atoms with Crippen LogP contribution in [0.2, 0.25) is 0 Å². The fraction of sp³-hybridized carbons (Fsp3) is 0.375. The van der Waals surface area contributed by atoms with Gasteiger partial charge in [-0.3, -0.25) is 14.5 Å². The standard InChI is InChI=1S/C28H32N6OS.2C2H6/c1-17(2)26(19(4)30-5)22-12-23-27(32-14-22)34(28(29)33-23)15-20-9-10-25(24(11-20)35-6)36-16-21-8-7-18(3)31-13-21;2*1-2/h7-14H,15-16H2,1-6H3,(H2,29,33);2*1-2H3. The van der Waals surface area contributed by atoms with E-state index in [1.807, 2.05) is 70.6 Å². The van der Waals surface area contributed by atoms with Crippen LogP contribution < -0.4 is 10.5 Å². The number of thioether (sulfide) groups is 1. The molecule has 0 aliphatic heterocycles. The molecule has 7 nitrogen and oxygen atoms in total. The van der Waals surface area contributed by atoms with E-state index in [1.165, 1.54) is 11.1 Å². The topological polar surface area (TPSA) is 91.2 Å². The molecule has 0 aliphatic rings. The minimum atomic E-state index is 0.429. The Hall–Kier alpha value is -3.65. The summed E-state index contributed by atoms with van der Waals surface area (Å²) in [6.45, 7) is 16.7. The van der Waals surface area contributed by atoms with E-state index < -0.39 is 0 Å². The number of nitrogens with zero attached hydrogens (tertiary/aromatic N) is 5. The second kappa shape index (κ2) is 15.8. The molecule has 0 amide bonds. The zero-order valence-electron chi connectivity index (χ0n) is 25.7. The van der Waals surface area contributed by atoms with E-state index in [-0.39, 0.29) is 0 Å². The largest absolute Gasteiger partial charge is 0.496 e. The van der Waals surface area contributed by atoms with E-state index in [9.17, 15) is 0 Å². The molecule has 1 aromatic carbocycles. The zero-order valence-corrected chi connectivity index (χ0v) is 26.5. The first-order valence-corrected chi connectivity index (χ1v) is 14.7. The van der Waals surface area contributed by atoms with E-state index >= 15 is 0 Å². The number of hydrogen-bond acceptors (Lipinski definition) is 7. The number of hydrogen-bond donors (Lipinski definition) is 1. The van der Waals surface area contributed by atoms with Crippen LogP contribution in [0.5, 0.6) is 5.75 Å². The molecule has 0 radical (unpaired) electrons. The SMILES string of the molecule is CC.CC.CN=C(C)C(=C(C)C)c1cnc2c(c1)nc(N)n2Cc1ccc(SCc2ccc(C)nc2)c(OC)c1. The fourth-order valence-corrected chi connectivity index (χ4v) is 5.09. The van der Waals surface area contributed by atoms with Gasteiger partial charge in [-0.15, -0.1) is 11.8 Å². The van der Waals surface area contributed by atoms with Gasteiger partial charge in [-0.05, 0) is 63.1 Å². The summed E-state index contributed by atoms with van der Waals surface area (Å²) < 4.78 is 7.64. The van der Waals surface area contributed by atoms with Crippen LogP contribution in [0, 0.1) is 6.92 Å². The Morgan fingerprint density at radius 3 is 2.27 bits per heavy atom. The number of ether oxygens (including phenoxy) is 1. The normalized spacial score (nSPS) is 10.8. The maximum Gasteiger partial charge on any atom is 0.202 e. The van der Waals surface area contributed by atoms with E-state index in [4.69, 9.17) is 15.5 Å². The van der Waals surface area contributed by atoms with Gasteiger partial charge in [-0.25, -0.2) is 9.97 Å². The van der Waals surface area contributed by atoms with Gasteiger partial charge in [0.05, 0.1) is 13.7 Å². The summed E-state index contributed by atoms with van der Waals surface area (Å²) in [6.07, 6.45) is 3.79. The molecule has 40 heavy (non-hydrogen) atoms. The number of aryl methyl sites for hydroxylation is 1. The smallest absolute Gasteiger partial charge is 0.202 e. The number of nitrogens with two attached hydrogens (primary N) is 1. The van der Waals surface area contributed by atoms with Crippen LogP contribution in [0.25, 0.3) is 16.7 Å². The summed E-state index contributed by atoms with van der Waals surface area (Å²) >= 11 is 1.73. The third kappa shape index (κ3) is 7.94. The van der Waals surface area contributed by atoms with E-state index in [0.29, 0.717) is 12.5 Å². The van der Waals surface area contributed by atoms with Gasteiger partial charge >= 0.3 is 0 Å². The number of benzene rings is 1. The Morgan fingerprint density at radius 1 is 0.975 bits per heavy atom. The molecule has 3 heterocycles. The number of aromatic nitrogens is 4. The van der Waals surface area contributed by atoms with E-state index in [0.717, 1.165) is 55.7 Å². The van der Waals surface area contributed by atoms with Crippen molar-refractivity contribution < 1.29 is 4.74 Å². The molecule has 8 heteroatoms. The van der Waals surface area contributed by atoms with Crippen LogP contribution in [-0.2, 0) is 12.3 Å². The second-order valence-electron chi connectivity index (χ2n) is 8.89. The molecular formula is C32H44N6OS. The Morgan fingerprint density at radius 2 is 1.68 bits per heavy atom. The van der Waals surface area contributed by atoms with Gasteiger partial charge < -0.3 is 10.5 Å². The minimum absolute atomic E-state index is 0.429. The maximum atomic E-state index is 6.33. The highest BCUT2D eigenvalue weighted by molar-refractivity contribution is 7.98. The molecule has 214 valence electrons. The Kier molecular flexibility index (Phi) is 12.9. The number of anilines is 1. The third-order valence-corrected chi connectivity index (χ3v) is 7.16. The van der Waals surface area contributed by atoms with Crippen molar-refractivity contribution in [3.8, 4) is 5.75 Å². The van der Waals surface area contributed by atoms with Crippen molar-refractivity contribution in [2.75, 3.05) is 19.9 Å². The van der Waals surface area contributed by atoms with Gasteiger partial charge in [0.1, 0.15) is 11.3 Å². The highest BCUT2D eigenvalue weighted by Gasteiger charge is 2.15. The fourth-order valence-electron chi connectivity index (χ4n) is 4.15. The van der Waals surface area contributed by atoms with Crippen molar-refractivity contribution in [3.05, 3.63) is 76.7 Å². The van der Waals surface area contributed by atoms with Crippen LogP contribution in [0.4, 0.5) is 5.95 Å². The number of imidazole rings is 1. The number of aliphatic imine (C=N–C) groups is 1. The van der Waals surface area contributed by atoms with Crippen molar-refractivity contribution in [3.63, 3.8) is 0 Å². The lowest BCUT2D eigenvalue weighted by molar-refractivity contribution is 0.404. The molecule has 4 rings (SSSR count). The Labute approximate surface area is 244 Å². The van der Waals surface area contributed by atoms with Gasteiger partial charge in [-0.1, -0.05) is 45.4 Å². The molecule has 0 unspecified atom stereocenters. The maximum absolute atomic E-state index is 6.33. The van der Waals surface area contributed by atoms with Crippen LogP contribution >= 0.6 is 11.8 Å². The van der Waals surface area contributed by atoms with Crippen molar-refractivity contribution in [1.82, 2.24) is 19.5 Å². The molecule has 0 atom stereocenters. The van der Waals surface area contributed by atoms with Crippen LogP contribution in [0.1, 0.15) is 70.9 Å². The minimum Gasteiger partial charge on any atom is -0.496 e. The lowest BCUT2D eigenvalue weighted by atomic mass is 9.99. The summed E-state index contributed by atoms with van der Waals surface area (Å²) in [5, 5.41) is 0. The number of rotatable bonds is 8. The summed E-state index contributed by atoms with van der Waals surface area (Å²) in [5.74, 6) is 2.08. The predicted octanol–water partition coefficient (Wildman–Crippen LogP) is 8.00. The van der Waals surface area contributed by atoms with E-state index in [1.54, 1.807) is 25.9 Å². The molecule has 0 fully saturated rings. The molecule has 3 aromatic heterocycles. The number of pyridine rings is 2. The predicted molar refractivity (Wildman–Crippen MR) is 173 cm³/mol. The molecule has 4 aromatic rings. The highest BCUT2D eigenvalue weighted by atomic mass is 32.2. The first kappa shape index (κ1) is 32.6. The number of nitrogen functional groups attached to an aromatic ring is 1. The average Bonchev–Trinajstić information content (AvgIpc) is 3.28. The molecule has 0 bridgehead atoms. The molecular weight excluding hydrogens is 516 g/mol. The average molecular weight is 561 g/mol. The van der Waals surface area contributed by atoms with Crippen molar-refractivity contribution >= 4 is 40.2 Å². The van der Waals surface area contributed by atoms with Crippen LogP contribution in [-0.4, -0.2) is 39.4 Å². The Bertz CT molecular complexity index is 1450. The van der Waals surface area contributed by atoms with Gasteiger partial charge in [0, 0.05) is 52.6 Å². The third-order valence-electron chi connectivity index (χ3n) is 6.04. The lowest BCUT2D eigenvalue weighted by Crippen LogP contribution is -2.06. The summed E-state index contributed by atoms with van der Waals surface area (Å²) in [7, 11) is 3.50. The van der Waals surface area contributed by atoms with E-state index in [2.05, 4.69) is 53.1 Å². The van der Waals surface area contributed by atoms with Gasteiger partial charge in [0.25, 0.3) is 0 Å². The van der Waals surface area contributed by atoms with Crippen molar-refractivity contribution in [1.29, 1.82) is 0 Å². The molecule has 0 saturated carbocycles. The Balaban J connectivity index is 0.00000134. The molecule has 2 N–H and O–H groups in total. The van der Waals surface area contributed by atoms with Crippen molar-refractivity contribution in [2.45, 2.75) is 72.6 Å². The van der Waals surface area contributed by atoms with Gasteiger partial charge in [0.2, 0.25) is 5.95 Å². The van der Waals surface area contributed by atoms with Crippen molar-refractivity contribution in [2.24, 2.45) is 4.99 Å². The number of fused-ring (bicyclic) bond motifs is 1. The first-order chi connectivity index (χ1) is 19.3. The van der Waals surface area contributed by atoms with Gasteiger partial charge in [0.15, 0.2) is 5.65 Å². The molecule has 0 aliphatic carbocycles. The quantitative estimate of drug-likeness (QED) is 0.173. The van der Waals surface area contributed by atoms with Gasteiger partial charge in [-0.2, -0.15) is 0 Å². The van der Waals surface area contributed by atoms with Crippen LogP contribution in [0.3, 0.4) is 0 Å². The molecule has 0 spiro atoms. The number of allylic oxidation sites excluding steroid dienone is 2. The lowest BCUT2D eigenvalue weighted by Gasteiger charge is -2.12. The summed E-state index contributed by atoms with van der Waals surface area (Å²) in [6, 6.07) is 12.4.